The normalized spacial score (nSPS) is 11.3. The van der Waals surface area contributed by atoms with Crippen LogP contribution in [0.1, 0.15) is 21.5 Å². The molecule has 0 aliphatic rings. The number of aromatic hydroxyl groups is 1. The molecule has 19 heavy (non-hydrogen) atoms. The lowest BCUT2D eigenvalue weighted by Gasteiger charge is -2.09. The van der Waals surface area contributed by atoms with Crippen LogP contribution in [-0.2, 0) is 6.18 Å². The van der Waals surface area contributed by atoms with Gasteiger partial charge in [0.05, 0.1) is 11.1 Å². The monoisotopic (exact) mass is 267 g/mol. The van der Waals surface area contributed by atoms with E-state index >= 15 is 0 Å². The van der Waals surface area contributed by atoms with Gasteiger partial charge in [-0.2, -0.15) is 13.2 Å². The molecule has 0 amide bonds. The number of alkyl halides is 3. The van der Waals surface area contributed by atoms with Crippen LogP contribution in [0.15, 0.2) is 42.7 Å². The fourth-order valence-electron chi connectivity index (χ4n) is 1.55. The molecule has 0 spiro atoms. The number of rotatable bonds is 2. The van der Waals surface area contributed by atoms with Crippen molar-refractivity contribution >= 4 is 5.78 Å². The molecule has 2 aromatic rings. The third-order valence-corrected chi connectivity index (χ3v) is 2.49. The zero-order valence-corrected chi connectivity index (χ0v) is 9.48. The van der Waals surface area contributed by atoms with Gasteiger partial charge in [0.25, 0.3) is 0 Å². The first-order chi connectivity index (χ1) is 8.89. The lowest BCUT2D eigenvalue weighted by atomic mass is 10.0. The second-order valence-corrected chi connectivity index (χ2v) is 3.80. The van der Waals surface area contributed by atoms with Crippen LogP contribution < -0.4 is 0 Å². The van der Waals surface area contributed by atoms with Gasteiger partial charge in [0.1, 0.15) is 5.75 Å². The Kier molecular flexibility index (Phi) is 3.25. The van der Waals surface area contributed by atoms with E-state index in [1.165, 1.54) is 24.5 Å². The lowest BCUT2D eigenvalue weighted by Crippen LogP contribution is -2.08. The van der Waals surface area contributed by atoms with Crippen LogP contribution >= 0.6 is 0 Å². The van der Waals surface area contributed by atoms with Gasteiger partial charge in [-0.3, -0.25) is 9.78 Å². The molecule has 1 heterocycles. The van der Waals surface area contributed by atoms with Crippen LogP contribution in [0.25, 0.3) is 0 Å². The smallest absolute Gasteiger partial charge is 0.416 e. The first-order valence-corrected chi connectivity index (χ1v) is 5.24. The molecule has 0 saturated heterocycles. The molecule has 0 atom stereocenters. The number of nitrogens with zero attached hydrogens (tertiary/aromatic N) is 1. The summed E-state index contributed by atoms with van der Waals surface area (Å²) in [5.41, 5.74) is -1.28. The van der Waals surface area contributed by atoms with Gasteiger partial charge in [-0.25, -0.2) is 0 Å². The predicted octanol–water partition coefficient (Wildman–Crippen LogP) is 3.04. The summed E-state index contributed by atoms with van der Waals surface area (Å²) < 4.78 is 37.7. The van der Waals surface area contributed by atoms with Crippen molar-refractivity contribution in [3.8, 4) is 5.75 Å². The number of carbonyl (C=O) groups excluding carboxylic acids is 1. The Bertz CT molecular complexity index is 609. The summed E-state index contributed by atoms with van der Waals surface area (Å²) in [6.45, 7) is 0. The molecule has 1 N–H and O–H groups in total. The Balaban J connectivity index is 2.48. The molecule has 6 heteroatoms. The number of halogens is 3. The molecule has 0 fully saturated rings. The highest BCUT2D eigenvalue weighted by molar-refractivity contribution is 6.10. The Hall–Kier alpha value is -2.37. The topological polar surface area (TPSA) is 50.2 Å². The number of pyridine rings is 1. The van der Waals surface area contributed by atoms with Crippen LogP contribution in [0.4, 0.5) is 13.2 Å². The molecule has 0 radical (unpaired) electrons. The summed E-state index contributed by atoms with van der Waals surface area (Å²) >= 11 is 0. The number of ketones is 1. The molecule has 0 aliphatic carbocycles. The number of carbonyl (C=O) groups is 1. The van der Waals surface area contributed by atoms with Crippen molar-refractivity contribution < 1.29 is 23.1 Å². The van der Waals surface area contributed by atoms with E-state index in [1.807, 2.05) is 0 Å². The Morgan fingerprint density at radius 3 is 2.53 bits per heavy atom. The van der Waals surface area contributed by atoms with E-state index in [9.17, 15) is 23.1 Å². The maximum atomic E-state index is 12.6. The maximum Gasteiger partial charge on any atom is 0.416 e. The molecule has 98 valence electrons. The van der Waals surface area contributed by atoms with Crippen molar-refractivity contribution in [1.29, 1.82) is 0 Å². The summed E-state index contributed by atoms with van der Waals surface area (Å²) in [6.07, 6.45) is -1.91. The molecular weight excluding hydrogens is 259 g/mol. The van der Waals surface area contributed by atoms with Crippen LogP contribution in [-0.4, -0.2) is 15.9 Å². The third-order valence-electron chi connectivity index (χ3n) is 2.49. The fourth-order valence-corrected chi connectivity index (χ4v) is 1.55. The Morgan fingerprint density at radius 1 is 1.21 bits per heavy atom. The highest BCUT2D eigenvalue weighted by Gasteiger charge is 2.31. The minimum Gasteiger partial charge on any atom is -0.507 e. The van der Waals surface area contributed by atoms with Crippen molar-refractivity contribution in [2.24, 2.45) is 0 Å². The molecule has 0 saturated carbocycles. The van der Waals surface area contributed by atoms with Gasteiger partial charge in [-0.05, 0) is 30.3 Å². The number of phenolic OH excluding ortho intramolecular Hbond substituents is 1. The average Bonchev–Trinajstić information content (AvgIpc) is 2.38. The zero-order valence-electron chi connectivity index (χ0n) is 9.48. The summed E-state index contributed by atoms with van der Waals surface area (Å²) in [7, 11) is 0. The molecule has 1 aromatic heterocycles. The van der Waals surface area contributed by atoms with Gasteiger partial charge in [-0.15, -0.1) is 0 Å². The third kappa shape index (κ3) is 2.73. The highest BCUT2D eigenvalue weighted by atomic mass is 19.4. The quantitative estimate of drug-likeness (QED) is 0.851. The van der Waals surface area contributed by atoms with E-state index in [0.29, 0.717) is 6.07 Å². The number of hydrogen-bond donors (Lipinski definition) is 1. The van der Waals surface area contributed by atoms with E-state index in [-0.39, 0.29) is 5.56 Å². The van der Waals surface area contributed by atoms with Gasteiger partial charge >= 0.3 is 6.18 Å². The van der Waals surface area contributed by atoms with E-state index in [1.54, 1.807) is 0 Å². The first-order valence-electron chi connectivity index (χ1n) is 5.24. The summed E-state index contributed by atoms with van der Waals surface area (Å²) in [4.78, 5) is 15.7. The van der Waals surface area contributed by atoms with Crippen molar-refractivity contribution in [2.75, 3.05) is 0 Å². The first kappa shape index (κ1) is 13.1. The van der Waals surface area contributed by atoms with Crippen molar-refractivity contribution in [1.82, 2.24) is 4.98 Å². The molecule has 0 aliphatic heterocycles. The molecule has 0 unspecified atom stereocenters. The van der Waals surface area contributed by atoms with Crippen LogP contribution in [0.3, 0.4) is 0 Å². The SMILES string of the molecule is O=C(c1cccnc1)c1cc(C(F)(F)F)ccc1O. The van der Waals surface area contributed by atoms with Crippen LogP contribution in [0.2, 0.25) is 0 Å². The summed E-state index contributed by atoms with van der Waals surface area (Å²) in [6, 6.07) is 5.10. The second-order valence-electron chi connectivity index (χ2n) is 3.80. The minimum absolute atomic E-state index is 0.108. The van der Waals surface area contributed by atoms with Gasteiger partial charge in [0, 0.05) is 18.0 Å². The number of hydrogen-bond acceptors (Lipinski definition) is 3. The van der Waals surface area contributed by atoms with Crippen molar-refractivity contribution in [3.63, 3.8) is 0 Å². The van der Waals surface area contributed by atoms with Crippen molar-refractivity contribution in [3.05, 3.63) is 59.4 Å². The van der Waals surface area contributed by atoms with E-state index in [4.69, 9.17) is 0 Å². The Morgan fingerprint density at radius 2 is 1.95 bits per heavy atom. The van der Waals surface area contributed by atoms with Gasteiger partial charge < -0.3 is 5.11 Å². The number of aromatic nitrogens is 1. The summed E-state index contributed by atoms with van der Waals surface area (Å²) in [5.74, 6) is -1.21. The molecule has 3 nitrogen and oxygen atoms in total. The van der Waals surface area contributed by atoms with Crippen molar-refractivity contribution in [2.45, 2.75) is 6.18 Å². The number of phenols is 1. The molecule has 2 rings (SSSR count). The predicted molar refractivity (Wildman–Crippen MR) is 60.8 cm³/mol. The standard InChI is InChI=1S/C13H8F3NO2/c14-13(15,16)9-3-4-11(18)10(6-9)12(19)8-2-1-5-17-7-8/h1-7,18H. The van der Waals surface area contributed by atoms with Gasteiger partial charge in [0.2, 0.25) is 0 Å². The zero-order chi connectivity index (χ0) is 14.0. The second kappa shape index (κ2) is 4.72. The van der Waals surface area contributed by atoms with Gasteiger partial charge in [0.15, 0.2) is 5.78 Å². The van der Waals surface area contributed by atoms with E-state index in [0.717, 1.165) is 12.1 Å². The van der Waals surface area contributed by atoms with E-state index < -0.39 is 28.8 Å². The molecular formula is C13H8F3NO2. The summed E-state index contributed by atoms with van der Waals surface area (Å²) in [5, 5.41) is 9.52. The van der Waals surface area contributed by atoms with E-state index in [2.05, 4.69) is 4.98 Å². The highest BCUT2D eigenvalue weighted by Crippen LogP contribution is 2.32. The number of benzene rings is 1. The maximum absolute atomic E-state index is 12.6. The van der Waals surface area contributed by atoms with Gasteiger partial charge in [-0.1, -0.05) is 0 Å². The molecule has 1 aromatic carbocycles. The van der Waals surface area contributed by atoms with Crippen LogP contribution in [0, 0.1) is 0 Å². The van der Waals surface area contributed by atoms with Crippen LogP contribution in [0.5, 0.6) is 5.75 Å². The fraction of sp³-hybridized carbons (Fsp3) is 0.0769. The average molecular weight is 267 g/mol. The largest absolute Gasteiger partial charge is 0.507 e. The molecule has 0 bridgehead atoms. The minimum atomic E-state index is -4.57. The Labute approximate surface area is 106 Å². The lowest BCUT2D eigenvalue weighted by molar-refractivity contribution is -0.137.